The van der Waals surface area contributed by atoms with Gasteiger partial charge in [0.25, 0.3) is 0 Å². The Bertz CT molecular complexity index is 855. The molecule has 8 heteroatoms. The van der Waals surface area contributed by atoms with Crippen LogP contribution in [0.3, 0.4) is 0 Å². The van der Waals surface area contributed by atoms with Crippen LogP contribution in [-0.4, -0.2) is 59.3 Å². The number of rotatable bonds is 5. The molecule has 0 spiro atoms. The summed E-state index contributed by atoms with van der Waals surface area (Å²) in [6.07, 6.45) is -4.60. The molecule has 0 aromatic heterocycles. The number of aliphatic hydroxyl groups is 2. The lowest BCUT2D eigenvalue weighted by molar-refractivity contribution is -0.249. The Morgan fingerprint density at radius 2 is 1.86 bits per heavy atom. The van der Waals surface area contributed by atoms with Crippen molar-refractivity contribution in [2.75, 3.05) is 6.61 Å². The largest absolute Gasteiger partial charge is 0.463 e. The summed E-state index contributed by atoms with van der Waals surface area (Å²) >= 11 is 0. The number of esters is 1. The van der Waals surface area contributed by atoms with Gasteiger partial charge in [-0.1, -0.05) is 30.3 Å². The fraction of sp³-hybridized carbons (Fsp3) is 0.400. The Hall–Kier alpha value is -2.68. The second-order valence-electron chi connectivity index (χ2n) is 6.64. The fourth-order valence-corrected chi connectivity index (χ4v) is 3.26. The van der Waals surface area contributed by atoms with E-state index in [4.69, 9.17) is 14.2 Å². The van der Waals surface area contributed by atoms with Gasteiger partial charge < -0.3 is 29.7 Å². The van der Waals surface area contributed by atoms with Crippen LogP contribution in [0.4, 0.5) is 0 Å². The molecule has 28 heavy (non-hydrogen) atoms. The van der Waals surface area contributed by atoms with Gasteiger partial charge in [-0.2, -0.15) is 0 Å². The number of ether oxygens (including phenoxy) is 3. The van der Waals surface area contributed by atoms with Crippen molar-refractivity contribution in [3.05, 3.63) is 42.5 Å². The Balaban J connectivity index is 1.91. The number of aliphatic hydroxyl groups excluding tert-OH is 2. The lowest BCUT2D eigenvalue weighted by Gasteiger charge is -2.43. The van der Waals surface area contributed by atoms with Gasteiger partial charge in [-0.25, -0.2) is 0 Å². The summed E-state index contributed by atoms with van der Waals surface area (Å²) in [5, 5.41) is 24.5. The molecular weight excluding hydrogens is 366 g/mol. The number of nitrogens with one attached hydrogen (secondary N) is 1. The maximum Gasteiger partial charge on any atom is 0.303 e. The lowest BCUT2D eigenvalue weighted by Crippen LogP contribution is -2.66. The zero-order valence-corrected chi connectivity index (χ0v) is 15.6. The Morgan fingerprint density at radius 3 is 2.50 bits per heavy atom. The number of hydrogen-bond acceptors (Lipinski definition) is 7. The van der Waals surface area contributed by atoms with Crippen LogP contribution in [0.25, 0.3) is 10.8 Å². The fourth-order valence-electron chi connectivity index (χ4n) is 3.26. The van der Waals surface area contributed by atoms with E-state index in [1.165, 1.54) is 13.8 Å². The minimum Gasteiger partial charge on any atom is -0.463 e. The summed E-state index contributed by atoms with van der Waals surface area (Å²) in [6.45, 7) is 1.98. The molecule has 150 valence electrons. The first-order valence-electron chi connectivity index (χ1n) is 8.93. The highest BCUT2D eigenvalue weighted by Gasteiger charge is 2.48. The third-order valence-corrected chi connectivity index (χ3v) is 4.50. The van der Waals surface area contributed by atoms with Crippen LogP contribution in [-0.2, 0) is 19.1 Å². The topological polar surface area (TPSA) is 114 Å². The molecule has 0 saturated carbocycles. The maximum atomic E-state index is 11.7. The normalized spacial score (nSPS) is 27.2. The summed E-state index contributed by atoms with van der Waals surface area (Å²) in [4.78, 5) is 23.2. The lowest BCUT2D eigenvalue weighted by atomic mass is 9.96. The van der Waals surface area contributed by atoms with E-state index in [0.29, 0.717) is 5.75 Å². The molecule has 1 saturated heterocycles. The predicted octanol–water partition coefficient (Wildman–Crippen LogP) is 0.733. The van der Waals surface area contributed by atoms with E-state index in [-0.39, 0.29) is 0 Å². The average molecular weight is 389 g/mol. The van der Waals surface area contributed by atoms with Gasteiger partial charge in [0.15, 0.2) is 6.10 Å². The molecule has 3 N–H and O–H groups in total. The van der Waals surface area contributed by atoms with Crippen LogP contribution < -0.4 is 10.1 Å². The first kappa shape index (κ1) is 20.1. The van der Waals surface area contributed by atoms with E-state index in [1.807, 2.05) is 36.4 Å². The van der Waals surface area contributed by atoms with Gasteiger partial charge in [-0.3, -0.25) is 9.59 Å². The smallest absolute Gasteiger partial charge is 0.303 e. The van der Waals surface area contributed by atoms with Crippen molar-refractivity contribution < 1.29 is 34.0 Å². The van der Waals surface area contributed by atoms with Crippen molar-refractivity contribution in [3.8, 4) is 5.75 Å². The zero-order chi connectivity index (χ0) is 20.3. The number of fused-ring (bicyclic) bond motifs is 1. The summed E-state index contributed by atoms with van der Waals surface area (Å²) < 4.78 is 16.8. The second-order valence-corrected chi connectivity index (χ2v) is 6.64. The molecule has 1 heterocycles. The molecule has 1 fully saturated rings. The van der Waals surface area contributed by atoms with Crippen molar-refractivity contribution in [2.45, 2.75) is 44.5 Å². The van der Waals surface area contributed by atoms with Crippen LogP contribution in [0.2, 0.25) is 0 Å². The van der Waals surface area contributed by atoms with Gasteiger partial charge in [-0.15, -0.1) is 0 Å². The van der Waals surface area contributed by atoms with Crippen LogP contribution in [0, 0.1) is 0 Å². The average Bonchev–Trinajstić information content (AvgIpc) is 2.66. The third kappa shape index (κ3) is 4.41. The first-order chi connectivity index (χ1) is 13.4. The van der Waals surface area contributed by atoms with Gasteiger partial charge in [0, 0.05) is 13.8 Å². The van der Waals surface area contributed by atoms with Gasteiger partial charge in [-0.05, 0) is 22.9 Å². The molecule has 0 radical (unpaired) electrons. The molecule has 0 bridgehead atoms. The summed E-state index contributed by atoms with van der Waals surface area (Å²) in [7, 11) is 0. The standard InChI is InChI=1S/C20H23NO7/c1-11(23)21-17-19(26-12(2)24)18(25)16(10-22)28-20(17)27-15-8-7-13-5-3-4-6-14(13)9-15/h3-9,16-20,22,25H,10H2,1-2H3,(H,21,23)/t16-,17+,18+,19-,20-/m0/s1. The van der Waals surface area contributed by atoms with E-state index < -0.39 is 49.1 Å². The van der Waals surface area contributed by atoms with Crippen LogP contribution in [0.1, 0.15) is 13.8 Å². The molecule has 1 aliphatic rings. The number of carbonyl (C=O) groups is 2. The molecule has 1 aliphatic heterocycles. The van der Waals surface area contributed by atoms with Crippen molar-refractivity contribution in [2.24, 2.45) is 0 Å². The molecule has 8 nitrogen and oxygen atoms in total. The monoisotopic (exact) mass is 389 g/mol. The van der Waals surface area contributed by atoms with E-state index in [1.54, 1.807) is 6.07 Å². The van der Waals surface area contributed by atoms with Gasteiger partial charge >= 0.3 is 5.97 Å². The van der Waals surface area contributed by atoms with E-state index >= 15 is 0 Å². The number of carbonyl (C=O) groups excluding carboxylic acids is 2. The van der Waals surface area contributed by atoms with Gasteiger partial charge in [0.1, 0.15) is 24.0 Å². The minimum absolute atomic E-state index is 0.410. The summed E-state index contributed by atoms with van der Waals surface area (Å²) in [5.74, 6) is -0.580. The van der Waals surface area contributed by atoms with Crippen LogP contribution in [0.5, 0.6) is 5.75 Å². The number of amides is 1. The zero-order valence-electron chi connectivity index (χ0n) is 15.6. The third-order valence-electron chi connectivity index (χ3n) is 4.50. The quantitative estimate of drug-likeness (QED) is 0.646. The van der Waals surface area contributed by atoms with Crippen LogP contribution >= 0.6 is 0 Å². The van der Waals surface area contributed by atoms with E-state index in [9.17, 15) is 19.8 Å². The maximum absolute atomic E-state index is 11.7. The minimum atomic E-state index is -1.33. The van der Waals surface area contributed by atoms with Crippen molar-refractivity contribution in [1.29, 1.82) is 0 Å². The Morgan fingerprint density at radius 1 is 1.14 bits per heavy atom. The van der Waals surface area contributed by atoms with E-state index in [0.717, 1.165) is 10.8 Å². The molecule has 0 aliphatic carbocycles. The molecule has 1 amide bonds. The van der Waals surface area contributed by atoms with E-state index in [2.05, 4.69) is 5.32 Å². The Labute approximate surface area is 162 Å². The molecule has 2 aromatic carbocycles. The first-order valence-corrected chi connectivity index (χ1v) is 8.93. The summed E-state index contributed by atoms with van der Waals surface area (Å²) in [5.41, 5.74) is 0. The molecule has 3 rings (SSSR count). The number of benzene rings is 2. The number of hydrogen-bond donors (Lipinski definition) is 3. The summed E-state index contributed by atoms with van der Waals surface area (Å²) in [6, 6.07) is 12.2. The van der Waals surface area contributed by atoms with Gasteiger partial charge in [0.05, 0.1) is 6.61 Å². The molecule has 0 unspecified atom stereocenters. The molecule has 2 aromatic rings. The SMILES string of the molecule is CC(=O)N[C@H]1[C@@H](Oc2ccc3ccccc3c2)O[C@@H](CO)[C@@H](O)[C@H]1OC(C)=O. The van der Waals surface area contributed by atoms with Gasteiger partial charge in [0.2, 0.25) is 12.2 Å². The Kier molecular flexibility index (Phi) is 6.13. The van der Waals surface area contributed by atoms with Crippen molar-refractivity contribution in [1.82, 2.24) is 5.32 Å². The highest BCUT2D eigenvalue weighted by Crippen LogP contribution is 2.28. The highest BCUT2D eigenvalue weighted by molar-refractivity contribution is 5.83. The second kappa shape index (κ2) is 8.55. The van der Waals surface area contributed by atoms with Crippen LogP contribution in [0.15, 0.2) is 42.5 Å². The van der Waals surface area contributed by atoms with Crippen molar-refractivity contribution >= 4 is 22.6 Å². The predicted molar refractivity (Wildman–Crippen MR) is 99.5 cm³/mol. The highest BCUT2D eigenvalue weighted by atomic mass is 16.7. The molecular formula is C20H23NO7. The molecule has 5 atom stereocenters. The van der Waals surface area contributed by atoms with Crippen molar-refractivity contribution in [3.63, 3.8) is 0 Å².